The van der Waals surface area contributed by atoms with Gasteiger partial charge in [-0.2, -0.15) is 0 Å². The molecule has 4 heteroatoms. The van der Waals surface area contributed by atoms with E-state index >= 15 is 0 Å². The van der Waals surface area contributed by atoms with E-state index in [-0.39, 0.29) is 12.0 Å². The first kappa shape index (κ1) is 12.4. The summed E-state index contributed by atoms with van der Waals surface area (Å²) in [4.78, 5) is 11.1. The average molecular weight is 188 g/mol. The van der Waals surface area contributed by atoms with Gasteiger partial charge in [0.15, 0.2) is 0 Å². The molecule has 1 amide bonds. The fraction of sp³-hybridized carbons (Fsp3) is 0.889. The second-order valence-corrected chi connectivity index (χ2v) is 3.45. The Hall–Kier alpha value is -0.610. The van der Waals surface area contributed by atoms with Crippen molar-refractivity contribution in [2.24, 2.45) is 0 Å². The van der Waals surface area contributed by atoms with Crippen LogP contribution in [0.1, 0.15) is 26.7 Å². The third kappa shape index (κ3) is 9.30. The predicted molar refractivity (Wildman–Crippen MR) is 52.2 cm³/mol. The Labute approximate surface area is 80.2 Å². The number of nitrogens with one attached hydrogen (secondary N) is 1. The third-order valence-corrected chi connectivity index (χ3v) is 1.35. The van der Waals surface area contributed by atoms with Crippen LogP contribution in [-0.4, -0.2) is 37.7 Å². The molecule has 4 nitrogen and oxygen atoms in total. The number of rotatable bonds is 6. The third-order valence-electron chi connectivity index (χ3n) is 1.35. The monoisotopic (exact) mass is 188 g/mol. The summed E-state index contributed by atoms with van der Waals surface area (Å²) in [6.45, 7) is 4.62. The number of hydrazine groups is 1. The van der Waals surface area contributed by atoms with E-state index in [1.807, 2.05) is 13.8 Å². The lowest BCUT2D eigenvalue weighted by molar-refractivity contribution is -0.125. The number of carbonyl (C=O) groups excluding carboxylic acids is 1. The number of nitrogens with zero attached hydrogens (tertiary/aromatic N) is 1. The molecular formula is C9H20N2O2. The molecular weight excluding hydrogens is 168 g/mol. The molecule has 0 spiro atoms. The van der Waals surface area contributed by atoms with Crippen molar-refractivity contribution >= 4 is 5.91 Å². The van der Waals surface area contributed by atoms with Gasteiger partial charge in [0.05, 0.1) is 6.10 Å². The molecule has 0 aromatic rings. The minimum Gasteiger partial charge on any atom is -0.379 e. The molecule has 0 saturated carbocycles. The highest BCUT2D eigenvalue weighted by molar-refractivity contribution is 5.75. The molecule has 0 aliphatic carbocycles. The highest BCUT2D eigenvalue weighted by atomic mass is 16.5. The molecule has 0 aliphatic heterocycles. The van der Waals surface area contributed by atoms with Gasteiger partial charge in [0, 0.05) is 27.1 Å². The zero-order valence-corrected chi connectivity index (χ0v) is 8.96. The van der Waals surface area contributed by atoms with Crippen LogP contribution in [0.5, 0.6) is 0 Å². The van der Waals surface area contributed by atoms with Crippen LogP contribution >= 0.6 is 0 Å². The molecule has 0 unspecified atom stereocenters. The van der Waals surface area contributed by atoms with Gasteiger partial charge in [-0.25, -0.2) is 5.01 Å². The van der Waals surface area contributed by atoms with Crippen molar-refractivity contribution in [3.05, 3.63) is 0 Å². The number of hydrogen-bond acceptors (Lipinski definition) is 3. The summed E-state index contributed by atoms with van der Waals surface area (Å²) < 4.78 is 5.30. The van der Waals surface area contributed by atoms with E-state index in [0.29, 0.717) is 13.0 Å². The summed E-state index contributed by atoms with van der Waals surface area (Å²) in [6.07, 6.45) is 1.54. The van der Waals surface area contributed by atoms with Gasteiger partial charge in [-0.05, 0) is 20.3 Å². The highest BCUT2D eigenvalue weighted by Gasteiger charge is 2.01. The summed E-state index contributed by atoms with van der Waals surface area (Å²) in [5, 5.41) is 1.64. The Bertz CT molecular complexity index is 147. The highest BCUT2D eigenvalue weighted by Crippen LogP contribution is 1.94. The molecule has 0 fully saturated rings. The number of carbonyl (C=O) groups is 1. The molecule has 0 aromatic carbocycles. The Morgan fingerprint density at radius 1 is 1.46 bits per heavy atom. The van der Waals surface area contributed by atoms with Crippen LogP contribution < -0.4 is 5.43 Å². The summed E-state index contributed by atoms with van der Waals surface area (Å²) in [6, 6.07) is 0. The Balaban J connectivity index is 3.27. The van der Waals surface area contributed by atoms with Crippen molar-refractivity contribution in [3.63, 3.8) is 0 Å². The second-order valence-electron chi connectivity index (χ2n) is 3.45. The molecule has 0 bridgehead atoms. The smallest absolute Gasteiger partial charge is 0.234 e. The summed E-state index contributed by atoms with van der Waals surface area (Å²) in [7, 11) is 3.59. The fourth-order valence-electron chi connectivity index (χ4n) is 0.857. The van der Waals surface area contributed by atoms with Gasteiger partial charge in [-0.3, -0.25) is 10.2 Å². The van der Waals surface area contributed by atoms with Gasteiger partial charge in [-0.1, -0.05) is 0 Å². The van der Waals surface area contributed by atoms with Crippen LogP contribution in [-0.2, 0) is 9.53 Å². The SMILES string of the molecule is CC(C)OCCCC(=O)NN(C)C. The Morgan fingerprint density at radius 3 is 2.54 bits per heavy atom. The van der Waals surface area contributed by atoms with Crippen LogP contribution in [0.25, 0.3) is 0 Å². The molecule has 13 heavy (non-hydrogen) atoms. The number of ether oxygens (including phenoxy) is 1. The largest absolute Gasteiger partial charge is 0.379 e. The quantitative estimate of drug-likeness (QED) is 0.495. The first-order valence-corrected chi connectivity index (χ1v) is 4.60. The van der Waals surface area contributed by atoms with Crippen molar-refractivity contribution in [1.29, 1.82) is 0 Å². The zero-order chi connectivity index (χ0) is 10.3. The molecule has 0 atom stereocenters. The molecule has 0 heterocycles. The maximum Gasteiger partial charge on any atom is 0.234 e. The van der Waals surface area contributed by atoms with Crippen molar-refractivity contribution < 1.29 is 9.53 Å². The van der Waals surface area contributed by atoms with Gasteiger partial charge in [0.2, 0.25) is 5.91 Å². The van der Waals surface area contributed by atoms with E-state index in [0.717, 1.165) is 6.42 Å². The average Bonchev–Trinajstić information content (AvgIpc) is 1.96. The topological polar surface area (TPSA) is 41.6 Å². The van der Waals surface area contributed by atoms with Gasteiger partial charge < -0.3 is 4.74 Å². The summed E-state index contributed by atoms with van der Waals surface area (Å²) in [5.41, 5.74) is 2.67. The maximum absolute atomic E-state index is 11.1. The van der Waals surface area contributed by atoms with Crippen molar-refractivity contribution in [3.8, 4) is 0 Å². The van der Waals surface area contributed by atoms with Crippen LogP contribution in [0.4, 0.5) is 0 Å². The standard InChI is InChI=1S/C9H20N2O2/c1-8(2)13-7-5-6-9(12)10-11(3)4/h8H,5-7H2,1-4H3,(H,10,12). The summed E-state index contributed by atoms with van der Waals surface area (Å²) in [5.74, 6) is 0.0392. The lowest BCUT2D eigenvalue weighted by atomic mass is 10.3. The van der Waals surface area contributed by atoms with Crippen molar-refractivity contribution in [2.75, 3.05) is 20.7 Å². The molecule has 0 radical (unpaired) electrons. The van der Waals surface area contributed by atoms with E-state index < -0.39 is 0 Å². The van der Waals surface area contributed by atoms with Crippen LogP contribution in [0, 0.1) is 0 Å². The van der Waals surface area contributed by atoms with Crippen LogP contribution in [0.2, 0.25) is 0 Å². The van der Waals surface area contributed by atoms with Gasteiger partial charge >= 0.3 is 0 Å². The molecule has 0 aromatic heterocycles. The van der Waals surface area contributed by atoms with Crippen molar-refractivity contribution in [1.82, 2.24) is 10.4 Å². The van der Waals surface area contributed by atoms with Gasteiger partial charge in [0.1, 0.15) is 0 Å². The lowest BCUT2D eigenvalue weighted by Crippen LogP contribution is -2.36. The first-order valence-electron chi connectivity index (χ1n) is 4.60. The normalized spacial score (nSPS) is 10.9. The minimum atomic E-state index is 0.0392. The van der Waals surface area contributed by atoms with Crippen LogP contribution in [0.3, 0.4) is 0 Å². The first-order chi connectivity index (χ1) is 6.02. The van der Waals surface area contributed by atoms with E-state index in [1.54, 1.807) is 19.1 Å². The minimum absolute atomic E-state index is 0.0392. The van der Waals surface area contributed by atoms with E-state index in [2.05, 4.69) is 5.43 Å². The lowest BCUT2D eigenvalue weighted by Gasteiger charge is -2.12. The number of hydrogen-bond donors (Lipinski definition) is 1. The Kier molecular flexibility index (Phi) is 6.54. The summed E-state index contributed by atoms with van der Waals surface area (Å²) >= 11 is 0. The number of amides is 1. The Morgan fingerprint density at radius 2 is 2.08 bits per heavy atom. The molecule has 78 valence electrons. The molecule has 0 aliphatic rings. The van der Waals surface area contributed by atoms with Gasteiger partial charge in [0.25, 0.3) is 0 Å². The van der Waals surface area contributed by atoms with Crippen LogP contribution in [0.15, 0.2) is 0 Å². The maximum atomic E-state index is 11.1. The predicted octanol–water partition coefficient (Wildman–Crippen LogP) is 0.784. The molecule has 0 saturated heterocycles. The second kappa shape index (κ2) is 6.86. The molecule has 0 rings (SSSR count). The van der Waals surface area contributed by atoms with Gasteiger partial charge in [-0.15, -0.1) is 0 Å². The molecule has 1 N–H and O–H groups in total. The van der Waals surface area contributed by atoms with Crippen molar-refractivity contribution in [2.45, 2.75) is 32.8 Å². The van der Waals surface area contributed by atoms with E-state index in [4.69, 9.17) is 4.74 Å². The fourth-order valence-corrected chi connectivity index (χ4v) is 0.857. The van der Waals surface area contributed by atoms with E-state index in [1.165, 1.54) is 0 Å². The van der Waals surface area contributed by atoms with E-state index in [9.17, 15) is 4.79 Å². The zero-order valence-electron chi connectivity index (χ0n) is 8.96.